The first-order valence-corrected chi connectivity index (χ1v) is 12.2. The van der Waals surface area contributed by atoms with Gasteiger partial charge in [-0.1, -0.05) is 61.4 Å². The summed E-state index contributed by atoms with van der Waals surface area (Å²) in [5.41, 5.74) is 11.0. The van der Waals surface area contributed by atoms with Crippen molar-refractivity contribution in [1.29, 1.82) is 0 Å². The standard InChI is InChI=1S/C28H33N3O/c29-27-23-11-4-5-12-24(23)30-25-14-13-22(28(32)26(25)27)10-6-9-20-15-17-31(18-16-20)19-21-7-2-1-3-8-21/h1-5,7-8,11-12,20,22H,6,9-10,13-19H2,(H2,29,30). The number of likely N-dealkylation sites (tertiary alicyclic amines) is 1. The van der Waals surface area contributed by atoms with Gasteiger partial charge in [0.05, 0.1) is 22.5 Å². The zero-order valence-electron chi connectivity index (χ0n) is 18.8. The van der Waals surface area contributed by atoms with E-state index < -0.39 is 0 Å². The van der Waals surface area contributed by atoms with Gasteiger partial charge in [0.1, 0.15) is 0 Å². The largest absolute Gasteiger partial charge is 0.398 e. The monoisotopic (exact) mass is 427 g/mol. The van der Waals surface area contributed by atoms with Crippen LogP contribution in [0.15, 0.2) is 54.6 Å². The molecule has 4 nitrogen and oxygen atoms in total. The van der Waals surface area contributed by atoms with Crippen LogP contribution in [-0.2, 0) is 13.0 Å². The smallest absolute Gasteiger partial charge is 0.169 e. The lowest BCUT2D eigenvalue weighted by atomic mass is 9.80. The van der Waals surface area contributed by atoms with Gasteiger partial charge in [0.15, 0.2) is 5.78 Å². The fourth-order valence-electron chi connectivity index (χ4n) is 5.60. The van der Waals surface area contributed by atoms with Crippen LogP contribution in [0.25, 0.3) is 10.9 Å². The molecule has 0 saturated carbocycles. The molecule has 4 heteroatoms. The Morgan fingerprint density at radius 2 is 1.69 bits per heavy atom. The first kappa shape index (κ1) is 21.1. The minimum atomic E-state index is 0.103. The molecule has 0 spiro atoms. The Hall–Kier alpha value is -2.72. The minimum absolute atomic E-state index is 0.103. The number of pyridine rings is 1. The van der Waals surface area contributed by atoms with Gasteiger partial charge in [-0.05, 0) is 62.7 Å². The third-order valence-corrected chi connectivity index (χ3v) is 7.48. The normalized spacial score (nSPS) is 19.9. The molecule has 2 aromatic carbocycles. The van der Waals surface area contributed by atoms with Crippen LogP contribution in [0.2, 0.25) is 0 Å². The van der Waals surface area contributed by atoms with Crippen molar-refractivity contribution < 1.29 is 4.79 Å². The van der Waals surface area contributed by atoms with E-state index >= 15 is 0 Å². The number of nitrogen functional groups attached to an aromatic ring is 1. The third kappa shape index (κ3) is 4.42. The van der Waals surface area contributed by atoms with E-state index in [9.17, 15) is 4.79 Å². The van der Waals surface area contributed by atoms with E-state index in [2.05, 4.69) is 35.2 Å². The number of anilines is 1. The van der Waals surface area contributed by atoms with Crippen LogP contribution in [0.5, 0.6) is 0 Å². The average Bonchev–Trinajstić information content (AvgIpc) is 2.82. The quantitative estimate of drug-likeness (QED) is 0.553. The number of piperidine rings is 1. The summed E-state index contributed by atoms with van der Waals surface area (Å²) < 4.78 is 0. The topological polar surface area (TPSA) is 59.2 Å². The van der Waals surface area contributed by atoms with Gasteiger partial charge in [-0.15, -0.1) is 0 Å². The fourth-order valence-corrected chi connectivity index (χ4v) is 5.60. The number of nitrogens with zero attached hydrogens (tertiary/aromatic N) is 2. The second-order valence-electron chi connectivity index (χ2n) is 9.60. The average molecular weight is 428 g/mol. The van der Waals surface area contributed by atoms with Crippen LogP contribution < -0.4 is 5.73 Å². The van der Waals surface area contributed by atoms with Gasteiger partial charge in [-0.25, -0.2) is 0 Å². The maximum atomic E-state index is 13.3. The van der Waals surface area contributed by atoms with E-state index in [0.717, 1.165) is 54.7 Å². The molecule has 0 radical (unpaired) electrons. The van der Waals surface area contributed by atoms with Crippen molar-refractivity contribution in [2.45, 2.75) is 51.5 Å². The summed E-state index contributed by atoms with van der Waals surface area (Å²) in [6.07, 6.45) is 7.67. The van der Waals surface area contributed by atoms with E-state index in [4.69, 9.17) is 10.7 Å². The molecule has 1 aliphatic heterocycles. The van der Waals surface area contributed by atoms with Crippen molar-refractivity contribution >= 4 is 22.4 Å². The molecular formula is C28H33N3O. The molecule has 1 aliphatic carbocycles. The van der Waals surface area contributed by atoms with E-state index in [-0.39, 0.29) is 11.7 Å². The van der Waals surface area contributed by atoms with Gasteiger partial charge < -0.3 is 5.73 Å². The van der Waals surface area contributed by atoms with Gasteiger partial charge in [0, 0.05) is 17.8 Å². The van der Waals surface area contributed by atoms with Crippen molar-refractivity contribution in [3.8, 4) is 0 Å². The molecule has 0 bridgehead atoms. The van der Waals surface area contributed by atoms with Crippen LogP contribution in [0.3, 0.4) is 0 Å². The molecule has 1 fully saturated rings. The lowest BCUT2D eigenvalue weighted by Gasteiger charge is -2.32. The molecule has 1 saturated heterocycles. The Labute approximate surface area is 190 Å². The highest BCUT2D eigenvalue weighted by molar-refractivity contribution is 6.10. The first-order chi connectivity index (χ1) is 15.7. The summed E-state index contributed by atoms with van der Waals surface area (Å²) in [6, 6.07) is 18.7. The molecule has 2 heterocycles. The molecule has 3 aromatic rings. The number of fused-ring (bicyclic) bond motifs is 2. The van der Waals surface area contributed by atoms with Crippen LogP contribution in [0, 0.1) is 11.8 Å². The third-order valence-electron chi connectivity index (χ3n) is 7.48. The van der Waals surface area contributed by atoms with Gasteiger partial charge in [0.2, 0.25) is 0 Å². The number of nitrogens with two attached hydrogens (primary N) is 1. The number of hydrogen-bond acceptors (Lipinski definition) is 4. The number of rotatable bonds is 6. The summed E-state index contributed by atoms with van der Waals surface area (Å²) in [4.78, 5) is 20.6. The zero-order chi connectivity index (χ0) is 21.9. The second kappa shape index (κ2) is 9.41. The summed E-state index contributed by atoms with van der Waals surface area (Å²) in [7, 11) is 0. The second-order valence-corrected chi connectivity index (χ2v) is 9.60. The Morgan fingerprint density at radius 3 is 2.50 bits per heavy atom. The van der Waals surface area contributed by atoms with Crippen molar-refractivity contribution in [3.05, 3.63) is 71.4 Å². The zero-order valence-corrected chi connectivity index (χ0v) is 18.8. The SMILES string of the molecule is Nc1c2c(nc3ccccc13)CCC(CCCC1CCN(Cc3ccccc3)CC1)C2=O. The molecule has 32 heavy (non-hydrogen) atoms. The van der Waals surface area contributed by atoms with Crippen LogP contribution >= 0.6 is 0 Å². The van der Waals surface area contributed by atoms with Crippen molar-refractivity contribution in [2.24, 2.45) is 11.8 Å². The molecule has 0 amide bonds. The van der Waals surface area contributed by atoms with Gasteiger partial charge in [-0.3, -0.25) is 14.7 Å². The number of para-hydroxylation sites is 1. The number of carbonyl (C=O) groups is 1. The van der Waals surface area contributed by atoms with E-state index in [1.807, 2.05) is 24.3 Å². The van der Waals surface area contributed by atoms with Crippen LogP contribution in [0.1, 0.15) is 60.1 Å². The number of aromatic nitrogens is 1. The molecule has 5 rings (SSSR count). The van der Waals surface area contributed by atoms with E-state index in [0.29, 0.717) is 11.3 Å². The molecular weight excluding hydrogens is 394 g/mol. The fraction of sp³-hybridized carbons (Fsp3) is 0.429. The number of aryl methyl sites for hydroxylation is 1. The number of carbonyl (C=O) groups excluding carboxylic acids is 1. The Kier molecular flexibility index (Phi) is 6.22. The van der Waals surface area contributed by atoms with Crippen molar-refractivity contribution in [1.82, 2.24) is 9.88 Å². The Morgan fingerprint density at radius 1 is 0.938 bits per heavy atom. The summed E-state index contributed by atoms with van der Waals surface area (Å²) in [5, 5.41) is 0.905. The highest BCUT2D eigenvalue weighted by Gasteiger charge is 2.31. The highest BCUT2D eigenvalue weighted by atomic mass is 16.1. The van der Waals surface area contributed by atoms with Crippen LogP contribution in [0.4, 0.5) is 5.69 Å². The minimum Gasteiger partial charge on any atom is -0.398 e. The maximum absolute atomic E-state index is 13.3. The Balaban J connectivity index is 1.13. The van der Waals surface area contributed by atoms with E-state index in [1.54, 1.807) is 0 Å². The lowest BCUT2D eigenvalue weighted by molar-refractivity contribution is 0.0889. The molecule has 2 aliphatic rings. The Bertz CT molecular complexity index is 1090. The number of Topliss-reactive ketones (excluding diaryl/α,β-unsaturated/α-hetero) is 1. The molecule has 1 aromatic heterocycles. The summed E-state index contributed by atoms with van der Waals surface area (Å²) >= 11 is 0. The van der Waals surface area contributed by atoms with Crippen molar-refractivity contribution in [2.75, 3.05) is 18.8 Å². The molecule has 1 atom stereocenters. The number of hydrogen-bond donors (Lipinski definition) is 1. The lowest BCUT2D eigenvalue weighted by Crippen LogP contribution is -2.33. The summed E-state index contributed by atoms with van der Waals surface area (Å²) in [6.45, 7) is 3.43. The predicted molar refractivity (Wildman–Crippen MR) is 131 cm³/mol. The predicted octanol–water partition coefficient (Wildman–Crippen LogP) is 5.64. The van der Waals surface area contributed by atoms with Crippen molar-refractivity contribution in [3.63, 3.8) is 0 Å². The number of ketones is 1. The van der Waals surface area contributed by atoms with E-state index in [1.165, 1.54) is 37.9 Å². The molecule has 1 unspecified atom stereocenters. The molecule has 2 N–H and O–H groups in total. The van der Waals surface area contributed by atoms with Gasteiger partial charge >= 0.3 is 0 Å². The number of benzene rings is 2. The van der Waals surface area contributed by atoms with Gasteiger partial charge in [-0.2, -0.15) is 0 Å². The maximum Gasteiger partial charge on any atom is 0.169 e. The van der Waals surface area contributed by atoms with Crippen LogP contribution in [-0.4, -0.2) is 28.8 Å². The first-order valence-electron chi connectivity index (χ1n) is 12.2. The molecule has 166 valence electrons. The van der Waals surface area contributed by atoms with Gasteiger partial charge in [0.25, 0.3) is 0 Å². The summed E-state index contributed by atoms with van der Waals surface area (Å²) in [5.74, 6) is 1.12. The highest BCUT2D eigenvalue weighted by Crippen LogP contribution is 2.35.